The monoisotopic (exact) mass is 414 g/mol. The van der Waals surface area contributed by atoms with Crippen molar-refractivity contribution in [2.75, 3.05) is 12.8 Å². The first-order chi connectivity index (χ1) is 14.0. The Kier molecular flexibility index (Phi) is 14.0. The maximum absolute atomic E-state index is 11.9. The van der Waals surface area contributed by atoms with Gasteiger partial charge in [0.25, 0.3) is 0 Å². The number of nitrogens with two attached hydrogens (primary N) is 1. The molecule has 0 radical (unpaired) electrons. The SMILES string of the molecule is CC.CC[C@@H](C)c1ccccc1C(=NC(CN)C(C)=O)c1ccc(C)cc1.CS. The van der Waals surface area contributed by atoms with Gasteiger partial charge in [-0.15, -0.1) is 0 Å². The second kappa shape index (κ2) is 15.0. The summed E-state index contributed by atoms with van der Waals surface area (Å²) in [6.45, 7) is 12.2. The normalized spacial score (nSPS) is 12.7. The van der Waals surface area contributed by atoms with Gasteiger partial charge in [0.2, 0.25) is 0 Å². The fourth-order valence-corrected chi connectivity index (χ4v) is 2.84. The van der Waals surface area contributed by atoms with Gasteiger partial charge < -0.3 is 5.73 Å². The number of ketones is 1. The third kappa shape index (κ3) is 8.15. The van der Waals surface area contributed by atoms with E-state index in [9.17, 15) is 4.79 Å². The number of aliphatic imine (C=N–C) groups is 1. The summed E-state index contributed by atoms with van der Waals surface area (Å²) >= 11 is 3.53. The smallest absolute Gasteiger partial charge is 0.155 e. The Morgan fingerprint density at radius 1 is 1.07 bits per heavy atom. The first kappa shape index (κ1) is 27.1. The molecule has 29 heavy (non-hydrogen) atoms. The first-order valence-electron chi connectivity index (χ1n) is 10.4. The largest absolute Gasteiger partial charge is 0.328 e. The summed E-state index contributed by atoms with van der Waals surface area (Å²) in [5, 5.41) is 0. The van der Waals surface area contributed by atoms with E-state index in [1.165, 1.54) is 11.1 Å². The summed E-state index contributed by atoms with van der Waals surface area (Å²) in [6, 6.07) is 16.1. The van der Waals surface area contributed by atoms with Crippen LogP contribution >= 0.6 is 12.6 Å². The molecule has 2 aromatic carbocycles. The van der Waals surface area contributed by atoms with Gasteiger partial charge in [-0.05, 0) is 38.0 Å². The molecule has 0 bridgehead atoms. The zero-order valence-corrected chi connectivity index (χ0v) is 20.0. The van der Waals surface area contributed by atoms with Gasteiger partial charge in [-0.3, -0.25) is 9.79 Å². The van der Waals surface area contributed by atoms with E-state index in [4.69, 9.17) is 10.7 Å². The lowest BCUT2D eigenvalue weighted by Crippen LogP contribution is -2.27. The van der Waals surface area contributed by atoms with E-state index in [1.54, 1.807) is 13.2 Å². The van der Waals surface area contributed by atoms with Crippen LogP contribution in [0.3, 0.4) is 0 Å². The molecule has 4 heteroatoms. The highest BCUT2D eigenvalue weighted by Gasteiger charge is 2.18. The molecule has 0 aliphatic carbocycles. The minimum atomic E-state index is -0.513. The van der Waals surface area contributed by atoms with E-state index >= 15 is 0 Å². The van der Waals surface area contributed by atoms with Gasteiger partial charge >= 0.3 is 0 Å². The molecule has 0 aliphatic rings. The van der Waals surface area contributed by atoms with Crippen molar-refractivity contribution >= 4 is 24.1 Å². The quantitative estimate of drug-likeness (QED) is 0.442. The highest BCUT2D eigenvalue weighted by Crippen LogP contribution is 2.26. The summed E-state index contributed by atoms with van der Waals surface area (Å²) in [4.78, 5) is 16.7. The van der Waals surface area contributed by atoms with Crippen LogP contribution in [0.1, 0.15) is 69.2 Å². The molecule has 1 unspecified atom stereocenters. The van der Waals surface area contributed by atoms with Gasteiger partial charge in [0.05, 0.1) is 5.71 Å². The molecular formula is C25H38N2OS. The van der Waals surface area contributed by atoms with Gasteiger partial charge in [0, 0.05) is 17.7 Å². The number of rotatable bonds is 7. The minimum absolute atomic E-state index is 0.00636. The van der Waals surface area contributed by atoms with E-state index < -0.39 is 6.04 Å². The lowest BCUT2D eigenvalue weighted by atomic mass is 9.89. The number of hydrogen-bond acceptors (Lipinski definition) is 4. The Bertz CT molecular complexity index is 754. The first-order valence-corrected chi connectivity index (χ1v) is 11.3. The summed E-state index contributed by atoms with van der Waals surface area (Å²) in [6.07, 6.45) is 2.74. The van der Waals surface area contributed by atoms with Gasteiger partial charge in [-0.2, -0.15) is 12.6 Å². The van der Waals surface area contributed by atoms with E-state index in [-0.39, 0.29) is 12.3 Å². The molecule has 0 heterocycles. The third-order valence-electron chi connectivity index (χ3n) is 4.66. The van der Waals surface area contributed by atoms with E-state index in [0.717, 1.165) is 23.3 Å². The average molecular weight is 415 g/mol. The maximum atomic E-state index is 11.9. The van der Waals surface area contributed by atoms with E-state index in [2.05, 4.69) is 75.9 Å². The van der Waals surface area contributed by atoms with Gasteiger partial charge in [0.1, 0.15) is 6.04 Å². The predicted octanol–water partition coefficient (Wildman–Crippen LogP) is 5.83. The Labute approximate surface area is 183 Å². The molecule has 2 rings (SSSR count). The standard InChI is InChI=1S/C22H28N2O.C2H6.CH4S/c1-5-16(3)19-8-6-7-9-20(19)22(24-21(14-23)17(4)25)18-12-10-15(2)11-13-18;2*1-2/h6-13,16,21H,5,14,23H2,1-4H3;1-2H3;2H,1H3/t16-,21?;;/m1../s1. The lowest BCUT2D eigenvalue weighted by Gasteiger charge is -2.18. The molecule has 3 nitrogen and oxygen atoms in total. The Morgan fingerprint density at radius 3 is 2.10 bits per heavy atom. The van der Waals surface area contributed by atoms with Crippen molar-refractivity contribution in [3.8, 4) is 0 Å². The van der Waals surface area contributed by atoms with Gasteiger partial charge in [0.15, 0.2) is 5.78 Å². The molecule has 0 spiro atoms. The highest BCUT2D eigenvalue weighted by atomic mass is 32.1. The summed E-state index contributed by atoms with van der Waals surface area (Å²) in [5.74, 6) is 0.411. The summed E-state index contributed by atoms with van der Waals surface area (Å²) < 4.78 is 0. The number of aryl methyl sites for hydroxylation is 1. The second-order valence-electron chi connectivity index (χ2n) is 6.60. The third-order valence-corrected chi connectivity index (χ3v) is 4.66. The molecule has 0 saturated heterocycles. The number of Topliss-reactive ketones (excluding diaryl/α,β-unsaturated/α-hetero) is 1. The fourth-order valence-electron chi connectivity index (χ4n) is 2.84. The van der Waals surface area contributed by atoms with Crippen LogP contribution in [0.25, 0.3) is 0 Å². The van der Waals surface area contributed by atoms with Crippen LogP contribution in [0, 0.1) is 6.92 Å². The average Bonchev–Trinajstić information content (AvgIpc) is 2.77. The number of hydrogen-bond donors (Lipinski definition) is 2. The second-order valence-corrected chi connectivity index (χ2v) is 6.60. The number of carbonyl (C=O) groups excluding carboxylic acids is 1. The van der Waals surface area contributed by atoms with Gasteiger partial charge in [-0.25, -0.2) is 0 Å². The molecule has 2 N–H and O–H groups in total. The number of thiol groups is 1. The van der Waals surface area contributed by atoms with E-state index in [0.29, 0.717) is 5.92 Å². The molecular weight excluding hydrogens is 376 g/mol. The van der Waals surface area contributed by atoms with Crippen molar-refractivity contribution in [2.45, 2.75) is 59.9 Å². The number of carbonyl (C=O) groups is 1. The van der Waals surface area contributed by atoms with Crippen molar-refractivity contribution in [3.05, 3.63) is 70.8 Å². The van der Waals surface area contributed by atoms with Crippen LogP contribution in [0.15, 0.2) is 53.5 Å². The Morgan fingerprint density at radius 2 is 1.62 bits per heavy atom. The van der Waals surface area contributed by atoms with Crippen molar-refractivity contribution in [3.63, 3.8) is 0 Å². The summed E-state index contributed by atoms with van der Waals surface area (Å²) in [5.41, 5.74) is 11.2. The van der Waals surface area contributed by atoms with Crippen LogP contribution in [-0.2, 0) is 4.79 Å². The van der Waals surface area contributed by atoms with Crippen LogP contribution in [-0.4, -0.2) is 30.3 Å². The van der Waals surface area contributed by atoms with E-state index in [1.807, 2.05) is 19.9 Å². The molecule has 2 aromatic rings. The molecule has 0 saturated carbocycles. The maximum Gasteiger partial charge on any atom is 0.155 e. The fraction of sp³-hybridized carbons (Fsp3) is 0.440. The number of nitrogens with zero attached hydrogens (tertiary/aromatic N) is 1. The van der Waals surface area contributed by atoms with Gasteiger partial charge in [-0.1, -0.05) is 81.8 Å². The van der Waals surface area contributed by atoms with Crippen molar-refractivity contribution in [1.29, 1.82) is 0 Å². The van der Waals surface area contributed by atoms with Crippen molar-refractivity contribution < 1.29 is 4.79 Å². The Hall–Kier alpha value is -1.91. The minimum Gasteiger partial charge on any atom is -0.328 e. The molecule has 160 valence electrons. The molecule has 0 fully saturated rings. The van der Waals surface area contributed by atoms with Crippen LogP contribution in [0.2, 0.25) is 0 Å². The topological polar surface area (TPSA) is 55.4 Å². The summed E-state index contributed by atoms with van der Waals surface area (Å²) in [7, 11) is 0. The predicted molar refractivity (Wildman–Crippen MR) is 132 cm³/mol. The Balaban J connectivity index is 0.00000184. The highest BCUT2D eigenvalue weighted by molar-refractivity contribution is 7.79. The van der Waals surface area contributed by atoms with Crippen LogP contribution in [0.4, 0.5) is 0 Å². The zero-order valence-electron chi connectivity index (χ0n) is 19.1. The molecule has 0 aliphatic heterocycles. The van der Waals surface area contributed by atoms with Crippen molar-refractivity contribution in [2.24, 2.45) is 10.7 Å². The van der Waals surface area contributed by atoms with Crippen LogP contribution in [0.5, 0.6) is 0 Å². The molecule has 0 amide bonds. The van der Waals surface area contributed by atoms with Crippen LogP contribution < -0.4 is 5.73 Å². The molecule has 2 atom stereocenters. The lowest BCUT2D eigenvalue weighted by molar-refractivity contribution is -0.117. The molecule has 0 aromatic heterocycles. The van der Waals surface area contributed by atoms with Crippen molar-refractivity contribution in [1.82, 2.24) is 0 Å². The zero-order chi connectivity index (χ0) is 22.4. The number of benzene rings is 2.